The summed E-state index contributed by atoms with van der Waals surface area (Å²) in [5.41, 5.74) is 5.70. The highest BCUT2D eigenvalue weighted by molar-refractivity contribution is 8.76. The number of phenolic OH excluding ortho intramolecular Hbond substituents is 1. The van der Waals surface area contributed by atoms with Crippen LogP contribution in [0.1, 0.15) is 170 Å². The van der Waals surface area contributed by atoms with Crippen molar-refractivity contribution in [1.82, 2.24) is 73.5 Å². The predicted octanol–water partition coefficient (Wildman–Crippen LogP) is 2.51. The zero-order valence-corrected chi connectivity index (χ0v) is 70.5. The molecule has 2 heterocycles. The summed E-state index contributed by atoms with van der Waals surface area (Å²) >= 11 is 0.998. The number of amides is 12. The average molecular weight is 1760 g/mol. The van der Waals surface area contributed by atoms with Gasteiger partial charge in [0.25, 0.3) is 5.91 Å². The van der Waals surface area contributed by atoms with Crippen LogP contribution in [0.25, 0.3) is 0 Å². The molecule has 1 aliphatic heterocycles. The number of urea groups is 2. The van der Waals surface area contributed by atoms with E-state index in [9.17, 15) is 112 Å². The van der Waals surface area contributed by atoms with Crippen LogP contribution in [0.5, 0.6) is 5.75 Å². The third kappa shape index (κ3) is 37.7. The van der Waals surface area contributed by atoms with Crippen molar-refractivity contribution in [3.63, 3.8) is 0 Å². The van der Waals surface area contributed by atoms with Crippen molar-refractivity contribution in [1.29, 1.82) is 0 Å². The van der Waals surface area contributed by atoms with Crippen LogP contribution in [0.4, 0.5) is 14.4 Å². The number of piperidine rings is 1. The SMILES string of the molecule is CCCC(=O)OCN(C(=O)[C@@H](NC(=O)[C@H]1CCCCN1C)C(C)CC)[C@H](C[C@@H](OC(C)=O)c1nc(C(=O)N[C@@H](Cc2ccc(O)cc2)C[C@H](C)C(=O)NNC(=O)OCCSSC[C@@H](NC(=O)[C@H](CC(=O)O)NC(=O)[C@H](CC(=O)O)NC(=O)Cc2ccc(CNC(=O)NCC[C@@H](NC(=O)N[C@@H](CCC(=O)O)C(=O)O)C(=O)O)cc2)C(=O)O)cs1)C(C)C. The molecular formula is C76H108N14O28S3. The number of esters is 2. The number of carboxylic acids is 6. The molecule has 121 heavy (non-hydrogen) atoms. The number of aliphatic carboxylic acids is 6. The topological polar surface area (TPSA) is 628 Å². The number of hydrazine groups is 1. The van der Waals surface area contributed by atoms with E-state index >= 15 is 4.79 Å². The van der Waals surface area contributed by atoms with Crippen LogP contribution in [0.2, 0.25) is 0 Å². The van der Waals surface area contributed by atoms with Gasteiger partial charge in [-0.05, 0) is 99.2 Å². The number of aromatic nitrogens is 1. The lowest BCUT2D eigenvalue weighted by atomic mass is 9.92. The predicted molar refractivity (Wildman–Crippen MR) is 433 cm³/mol. The molecule has 0 spiro atoms. The molecule has 1 aliphatic rings. The van der Waals surface area contributed by atoms with Gasteiger partial charge in [-0.15, -0.1) is 11.3 Å². The highest BCUT2D eigenvalue weighted by Crippen LogP contribution is 2.33. The van der Waals surface area contributed by atoms with E-state index in [1.807, 2.05) is 50.3 Å². The standard InChI is InChI=1S/C76H108N14O28S3/c1-9-13-62(100)117-39-90(70(106)63(41(5)10-2)86-68(105)55-14-11-12-27-89(55)8)56(40(3)4)35-57(118-43(7)91)69-83-53(37-119-69)67(104)79-47(31-44-19-21-48(92)22-20-44)30-42(6)64(101)87-88-76(115)116-28-29-120-121-38-54(73(111)112)82-66(103)52(34-61(98)99)81-65(102)51(33-60(96)97)80-58(93)32-45-15-17-46(18-16-45)36-78-74(113)77-26-25-50(72(109)110)85-75(114)84-49(71(107)108)23-24-59(94)95/h15-22,37,40-42,47,49-52,54-57,63,92H,9-14,23-36,38-39H2,1-8H3,(H,79,104)(H,80,93)(H,81,102)(H,82,103)(H,86,105)(H,87,101)(H,88,115)(H,94,95)(H,96,97)(H,98,99)(H,107,108)(H,109,110)(H,111,112)(H2,77,78,113)(H2,84,85,114)/t41?,42-,47+,49-,50+,51-,52-,54+,55+,56+,57+,63-/m0/s1. The van der Waals surface area contributed by atoms with E-state index in [1.54, 1.807) is 19.1 Å². The molecule has 45 heteroatoms. The van der Waals surface area contributed by atoms with Crippen molar-refractivity contribution in [3.8, 4) is 5.75 Å². The highest BCUT2D eigenvalue weighted by atomic mass is 33.1. The second kappa shape index (κ2) is 52.4. The lowest BCUT2D eigenvalue weighted by molar-refractivity contribution is -0.161. The van der Waals surface area contributed by atoms with E-state index in [1.165, 1.54) is 60.5 Å². The number of nitrogens with zero attached hydrogens (tertiary/aromatic N) is 3. The molecule has 1 aromatic heterocycles. The van der Waals surface area contributed by atoms with Gasteiger partial charge in [0.1, 0.15) is 59.3 Å². The number of hydrogen-bond acceptors (Lipinski definition) is 27. The van der Waals surface area contributed by atoms with Gasteiger partial charge in [-0.3, -0.25) is 67.9 Å². The lowest BCUT2D eigenvalue weighted by Crippen LogP contribution is -2.59. The number of rotatable bonds is 52. The number of likely N-dealkylation sites (tertiary alicyclic amines) is 1. The van der Waals surface area contributed by atoms with E-state index in [4.69, 9.17) is 19.3 Å². The largest absolute Gasteiger partial charge is 0.508 e. The number of thiazole rings is 1. The Kier molecular flexibility index (Phi) is 44.1. The molecule has 4 rings (SSSR count). The number of benzene rings is 2. The Balaban J connectivity index is 1.30. The Bertz CT molecular complexity index is 4070. The number of phenols is 1. The molecule has 0 bridgehead atoms. The fourth-order valence-corrected chi connectivity index (χ4v) is 14.9. The Morgan fingerprint density at radius 2 is 1.24 bits per heavy atom. The zero-order valence-electron chi connectivity index (χ0n) is 68.0. The number of ether oxygens (including phenoxy) is 3. The molecule has 12 amide bonds. The van der Waals surface area contributed by atoms with Crippen LogP contribution in [0.15, 0.2) is 53.9 Å². The Morgan fingerprint density at radius 1 is 0.636 bits per heavy atom. The second-order valence-corrected chi connectivity index (χ2v) is 32.3. The van der Waals surface area contributed by atoms with Crippen LogP contribution in [0, 0.1) is 17.8 Å². The zero-order chi connectivity index (χ0) is 90.2. The molecule has 1 saturated heterocycles. The Hall–Kier alpha value is -11.6. The lowest BCUT2D eigenvalue weighted by Gasteiger charge is -2.39. The fraction of sp³-hybridized carbons (Fsp3) is 0.566. The fourth-order valence-electron chi connectivity index (χ4n) is 12.1. The maximum atomic E-state index is 15.0. The molecule has 42 nitrogen and oxygen atoms in total. The summed E-state index contributed by atoms with van der Waals surface area (Å²) in [6, 6.07) is -2.07. The van der Waals surface area contributed by atoms with E-state index < -0.39 is 212 Å². The van der Waals surface area contributed by atoms with Gasteiger partial charge in [0.15, 0.2) is 12.8 Å². The third-order valence-corrected chi connectivity index (χ3v) is 22.1. The van der Waals surface area contributed by atoms with Crippen LogP contribution in [-0.4, -0.2) is 257 Å². The van der Waals surface area contributed by atoms with Crippen LogP contribution in [-0.2, 0) is 101 Å². The Labute approximate surface area is 708 Å². The normalized spacial score (nSPS) is 15.2. The van der Waals surface area contributed by atoms with E-state index in [-0.39, 0.29) is 91.7 Å². The summed E-state index contributed by atoms with van der Waals surface area (Å²) in [6.07, 6.45) is -2.98. The third-order valence-electron chi connectivity index (χ3n) is 18.8. The van der Waals surface area contributed by atoms with Crippen LogP contribution in [0.3, 0.4) is 0 Å². The quantitative estimate of drug-likeness (QED) is 0.00964. The van der Waals surface area contributed by atoms with E-state index in [0.717, 1.165) is 45.8 Å². The van der Waals surface area contributed by atoms with Crippen LogP contribution < -0.4 is 58.7 Å². The minimum Gasteiger partial charge on any atom is -0.508 e. The Morgan fingerprint density at radius 3 is 1.82 bits per heavy atom. The van der Waals surface area contributed by atoms with E-state index in [0.29, 0.717) is 42.5 Å². The van der Waals surface area contributed by atoms with Gasteiger partial charge < -0.3 is 103 Å². The van der Waals surface area contributed by atoms with Crippen molar-refractivity contribution in [2.75, 3.05) is 45.0 Å². The summed E-state index contributed by atoms with van der Waals surface area (Å²) in [5.74, 6) is -18.5. The number of aromatic hydroxyl groups is 1. The van der Waals surface area contributed by atoms with Gasteiger partial charge in [-0.25, -0.2) is 39.2 Å². The van der Waals surface area contributed by atoms with Gasteiger partial charge in [0, 0.05) is 74.2 Å². The van der Waals surface area contributed by atoms with Crippen molar-refractivity contribution in [2.24, 2.45) is 17.8 Å². The molecule has 0 saturated carbocycles. The highest BCUT2D eigenvalue weighted by Gasteiger charge is 2.41. The molecule has 0 radical (unpaired) electrons. The molecule has 3 aromatic rings. The number of nitrogens with one attached hydrogen (secondary N) is 11. The van der Waals surface area contributed by atoms with Crippen LogP contribution >= 0.6 is 32.9 Å². The van der Waals surface area contributed by atoms with Crippen molar-refractivity contribution >= 4 is 140 Å². The molecular weight excluding hydrogens is 1650 g/mol. The summed E-state index contributed by atoms with van der Waals surface area (Å²) in [7, 11) is 3.68. The molecule has 1 unspecified atom stereocenters. The van der Waals surface area contributed by atoms with Gasteiger partial charge in [-0.2, -0.15) is 0 Å². The molecule has 12 atom stereocenters. The van der Waals surface area contributed by atoms with Gasteiger partial charge >= 0.3 is 65.9 Å². The molecule has 1 fully saturated rings. The first-order valence-corrected chi connectivity index (χ1v) is 42.1. The molecule has 2 aromatic carbocycles. The minimum absolute atomic E-state index is 0.00277. The summed E-state index contributed by atoms with van der Waals surface area (Å²) in [4.78, 5) is 238. The molecule has 0 aliphatic carbocycles. The average Bonchev–Trinajstić information content (AvgIpc) is 1.74. The number of carbonyl (C=O) groups is 18. The summed E-state index contributed by atoms with van der Waals surface area (Å²) in [5, 5.41) is 89.7. The smallest absolute Gasteiger partial charge is 0.426 e. The van der Waals surface area contributed by atoms with Crippen molar-refractivity contribution < 1.29 is 136 Å². The van der Waals surface area contributed by atoms with Crippen molar-refractivity contribution in [2.45, 2.75) is 212 Å². The first-order chi connectivity index (χ1) is 57.2. The summed E-state index contributed by atoms with van der Waals surface area (Å²) < 4.78 is 16.7. The molecule has 18 N–H and O–H groups in total. The number of likely N-dealkylation sites (N-methyl/N-ethyl adjacent to an activating group) is 1. The first kappa shape index (κ1) is 102. The molecule has 668 valence electrons. The van der Waals surface area contributed by atoms with Gasteiger partial charge in [-0.1, -0.05) is 112 Å². The maximum absolute atomic E-state index is 15.0. The van der Waals surface area contributed by atoms with Gasteiger partial charge in [0.2, 0.25) is 35.4 Å². The maximum Gasteiger partial charge on any atom is 0.426 e. The first-order valence-electron chi connectivity index (χ1n) is 38.7. The number of hydrogen-bond donors (Lipinski definition) is 18. The number of carboxylic acid groups (broad SMARTS) is 6. The second-order valence-electron chi connectivity index (χ2n) is 28.8. The van der Waals surface area contributed by atoms with E-state index in [2.05, 4.69) is 53.1 Å². The van der Waals surface area contributed by atoms with Crippen molar-refractivity contribution in [3.05, 3.63) is 81.3 Å². The number of carbonyl (C=O) groups excluding carboxylic acids is 12. The monoisotopic (exact) mass is 1760 g/mol. The minimum atomic E-state index is -2.01. The van der Waals surface area contributed by atoms with Gasteiger partial charge in [0.05, 0.1) is 25.3 Å². The summed E-state index contributed by atoms with van der Waals surface area (Å²) in [6.45, 7) is 11.4.